The summed E-state index contributed by atoms with van der Waals surface area (Å²) in [6.07, 6.45) is 7.00. The van der Waals surface area contributed by atoms with Crippen LogP contribution in [0.4, 0.5) is 23.3 Å². The third-order valence-corrected chi connectivity index (χ3v) is 9.67. The van der Waals surface area contributed by atoms with E-state index in [-0.39, 0.29) is 0 Å². The number of benzene rings is 2. The van der Waals surface area contributed by atoms with Crippen LogP contribution in [0.15, 0.2) is 106 Å². The first-order valence-electron chi connectivity index (χ1n) is 18.1. The van der Waals surface area contributed by atoms with E-state index in [9.17, 15) is 0 Å². The molecule has 15 nitrogen and oxygen atoms in total. The number of rotatable bonds is 6. The number of piperazine rings is 1. The van der Waals surface area contributed by atoms with Crippen molar-refractivity contribution < 1.29 is 8.83 Å². The fourth-order valence-corrected chi connectivity index (χ4v) is 6.94. The Balaban J connectivity index is 0.000000142. The van der Waals surface area contributed by atoms with Gasteiger partial charge in [-0.15, -0.1) is 10.2 Å². The molecule has 8 aromatic rings. The number of nitrogens with two attached hydrogens (primary N) is 2. The van der Waals surface area contributed by atoms with E-state index >= 15 is 0 Å². The largest absolute Gasteiger partial charge is 0.461 e. The average Bonchev–Trinajstić information content (AvgIpc) is 4.06. The van der Waals surface area contributed by atoms with E-state index in [4.69, 9.17) is 20.3 Å². The number of hydrogen-bond acceptors (Lipinski definition) is 13. The maximum atomic E-state index is 6.15. The molecule has 0 spiro atoms. The molecule has 2 aliphatic rings. The van der Waals surface area contributed by atoms with Gasteiger partial charge in [-0.2, -0.15) is 9.03 Å². The van der Waals surface area contributed by atoms with Crippen molar-refractivity contribution in [3.05, 3.63) is 97.5 Å². The lowest BCUT2D eigenvalue weighted by atomic mass is 10.1. The van der Waals surface area contributed by atoms with E-state index in [1.165, 1.54) is 39.7 Å². The maximum absolute atomic E-state index is 6.15. The summed E-state index contributed by atoms with van der Waals surface area (Å²) in [7, 11) is 0. The first-order chi connectivity index (χ1) is 26.6. The van der Waals surface area contributed by atoms with Gasteiger partial charge in [-0.25, -0.2) is 19.9 Å². The summed E-state index contributed by atoms with van der Waals surface area (Å²) >= 11 is 0. The van der Waals surface area contributed by atoms with Crippen LogP contribution in [0, 0.1) is 0 Å². The van der Waals surface area contributed by atoms with Crippen LogP contribution in [0.3, 0.4) is 0 Å². The van der Waals surface area contributed by atoms with E-state index in [0.717, 1.165) is 61.8 Å². The summed E-state index contributed by atoms with van der Waals surface area (Å²) in [5, 5.41) is 12.2. The molecule has 272 valence electrons. The maximum Gasteiger partial charge on any atom is 0.223 e. The summed E-state index contributed by atoms with van der Waals surface area (Å²) in [5.74, 6) is 2.77. The molecule has 8 heterocycles. The zero-order valence-electron chi connectivity index (χ0n) is 29.5. The van der Waals surface area contributed by atoms with Crippen LogP contribution in [-0.2, 0) is 0 Å². The van der Waals surface area contributed by atoms with Crippen LogP contribution in [0.25, 0.3) is 57.0 Å². The smallest absolute Gasteiger partial charge is 0.223 e. The number of aromatic nitrogens is 8. The third-order valence-electron chi connectivity index (χ3n) is 9.67. The van der Waals surface area contributed by atoms with Crippen molar-refractivity contribution in [1.29, 1.82) is 0 Å². The number of hydrogen-bond donors (Lipinski definition) is 3. The van der Waals surface area contributed by atoms with Gasteiger partial charge >= 0.3 is 0 Å². The Hall–Kier alpha value is -6.74. The third kappa shape index (κ3) is 6.67. The predicted octanol–water partition coefficient (Wildman–Crippen LogP) is 5.67. The van der Waals surface area contributed by atoms with Gasteiger partial charge in [-0.05, 0) is 67.8 Å². The first-order valence-corrected chi connectivity index (χ1v) is 18.1. The molecule has 0 aliphatic carbocycles. The fraction of sp³-hybridized carbons (Fsp3) is 0.231. The number of nitrogens with one attached hydrogen (secondary N) is 1. The van der Waals surface area contributed by atoms with Gasteiger partial charge < -0.3 is 35.4 Å². The van der Waals surface area contributed by atoms with Crippen molar-refractivity contribution in [2.75, 3.05) is 60.5 Å². The van der Waals surface area contributed by atoms with Crippen molar-refractivity contribution in [3.8, 4) is 45.7 Å². The summed E-state index contributed by atoms with van der Waals surface area (Å²) in [6.45, 7) is 6.19. The quantitative estimate of drug-likeness (QED) is 0.191. The van der Waals surface area contributed by atoms with Gasteiger partial charge in [0.2, 0.25) is 23.5 Å². The molecule has 10 rings (SSSR count). The monoisotopic (exact) mass is 721 g/mol. The molecule has 0 bridgehead atoms. The lowest BCUT2D eigenvalue weighted by Crippen LogP contribution is -2.43. The highest BCUT2D eigenvalue weighted by Gasteiger charge is 2.17. The molecular weight excluding hydrogens is 683 g/mol. The van der Waals surface area contributed by atoms with E-state index in [0.29, 0.717) is 46.4 Å². The predicted molar refractivity (Wildman–Crippen MR) is 208 cm³/mol. The molecule has 0 atom stereocenters. The average molecular weight is 722 g/mol. The van der Waals surface area contributed by atoms with Gasteiger partial charge in [0.05, 0.1) is 23.9 Å². The highest BCUT2D eigenvalue weighted by molar-refractivity contribution is 5.72. The molecule has 0 amide bonds. The normalized spacial score (nSPS) is 14.7. The van der Waals surface area contributed by atoms with Gasteiger partial charge in [0.15, 0.2) is 22.8 Å². The van der Waals surface area contributed by atoms with Crippen molar-refractivity contribution >= 4 is 34.6 Å². The molecule has 2 saturated heterocycles. The van der Waals surface area contributed by atoms with Crippen molar-refractivity contribution in [3.63, 3.8) is 0 Å². The Morgan fingerprint density at radius 1 is 0.537 bits per heavy atom. The summed E-state index contributed by atoms with van der Waals surface area (Å²) in [5.41, 5.74) is 19.6. The second-order valence-corrected chi connectivity index (χ2v) is 13.3. The van der Waals surface area contributed by atoms with Crippen molar-refractivity contribution in [2.24, 2.45) is 0 Å². The van der Waals surface area contributed by atoms with Gasteiger partial charge in [0.25, 0.3) is 0 Å². The summed E-state index contributed by atoms with van der Waals surface area (Å²) < 4.78 is 13.8. The molecular formula is C39H39N13O2. The fourth-order valence-electron chi connectivity index (χ4n) is 6.94. The topological polar surface area (TPSA) is 183 Å². The molecule has 0 unspecified atom stereocenters. The van der Waals surface area contributed by atoms with Crippen LogP contribution in [0.5, 0.6) is 0 Å². The molecule has 5 N–H and O–H groups in total. The SMILES string of the molecule is Nc1nc(-c2cccc(N3CCCCC3)c2)cc2nc(-c3ccco3)nn12.Nc1nc(-c2cccc(N3CCNCC3)c2)cc2nc(-c3ccco3)nn12. The highest BCUT2D eigenvalue weighted by Crippen LogP contribution is 2.29. The Bertz CT molecular complexity index is 2340. The van der Waals surface area contributed by atoms with E-state index in [2.05, 4.69) is 81.6 Å². The van der Waals surface area contributed by atoms with Crippen LogP contribution in [0.1, 0.15) is 19.3 Å². The van der Waals surface area contributed by atoms with Crippen LogP contribution >= 0.6 is 0 Å². The molecule has 0 radical (unpaired) electrons. The summed E-state index contributed by atoms with van der Waals surface area (Å²) in [4.78, 5) is 22.9. The first kappa shape index (κ1) is 33.1. The Morgan fingerprint density at radius 3 is 1.52 bits per heavy atom. The minimum absolute atomic E-state index is 0.292. The minimum Gasteiger partial charge on any atom is -0.461 e. The highest BCUT2D eigenvalue weighted by atomic mass is 16.3. The molecule has 2 aliphatic heterocycles. The van der Waals surface area contributed by atoms with Crippen LogP contribution in [-0.4, -0.2) is 78.4 Å². The van der Waals surface area contributed by atoms with Crippen LogP contribution in [0.2, 0.25) is 0 Å². The second-order valence-electron chi connectivity index (χ2n) is 13.3. The zero-order valence-corrected chi connectivity index (χ0v) is 29.5. The number of piperidine rings is 1. The molecule has 2 aromatic carbocycles. The number of nitrogen functional groups attached to an aromatic ring is 2. The Labute approximate surface area is 310 Å². The molecule has 2 fully saturated rings. The second kappa shape index (κ2) is 14.4. The van der Waals surface area contributed by atoms with Gasteiger partial charge in [-0.1, -0.05) is 24.3 Å². The van der Waals surface area contributed by atoms with Gasteiger partial charge in [0.1, 0.15) is 0 Å². The lowest BCUT2D eigenvalue weighted by Gasteiger charge is -2.29. The van der Waals surface area contributed by atoms with Gasteiger partial charge in [-0.3, -0.25) is 0 Å². The lowest BCUT2D eigenvalue weighted by molar-refractivity contribution is 0.577. The zero-order chi connectivity index (χ0) is 36.4. The van der Waals surface area contributed by atoms with Crippen molar-refractivity contribution in [1.82, 2.24) is 44.5 Å². The Kier molecular flexibility index (Phi) is 8.80. The molecule has 0 saturated carbocycles. The number of fused-ring (bicyclic) bond motifs is 2. The van der Waals surface area contributed by atoms with E-state index in [1.54, 1.807) is 24.7 Å². The Morgan fingerprint density at radius 2 is 1.04 bits per heavy atom. The van der Waals surface area contributed by atoms with Gasteiger partial charge in [0, 0.05) is 73.9 Å². The van der Waals surface area contributed by atoms with Crippen molar-refractivity contribution in [2.45, 2.75) is 19.3 Å². The van der Waals surface area contributed by atoms with Crippen LogP contribution < -0.4 is 26.6 Å². The standard InChI is InChI=1S/C20H20N6O.C19H19N7O/c21-20-22-16(13-18-23-19(24-26(18)20)17-8-5-11-27-17)14-6-4-7-15(12-14)25-9-2-1-3-10-25;20-19-22-15(12-17-23-18(24-26(17)19)16-5-2-10-27-16)13-3-1-4-14(11-13)25-8-6-21-7-9-25/h4-8,11-13H,1-3,9-10H2,(H2,21,22);1-5,10-12,21H,6-9H2,(H2,20,22). The minimum atomic E-state index is 0.292. The summed E-state index contributed by atoms with van der Waals surface area (Å²) in [6, 6.07) is 27.9. The van der Waals surface area contributed by atoms with E-state index in [1.807, 2.05) is 36.4 Å². The number of nitrogens with zero attached hydrogens (tertiary/aromatic N) is 10. The molecule has 6 aromatic heterocycles. The van der Waals surface area contributed by atoms with E-state index < -0.39 is 0 Å². The number of anilines is 4. The molecule has 54 heavy (non-hydrogen) atoms. The molecule has 15 heteroatoms. The number of furan rings is 2.